The summed E-state index contributed by atoms with van der Waals surface area (Å²) >= 11 is 0. The van der Waals surface area contributed by atoms with Gasteiger partial charge in [-0.1, -0.05) is 28.9 Å². The second-order valence-electron chi connectivity index (χ2n) is 4.75. The van der Waals surface area contributed by atoms with Crippen LogP contribution in [-0.4, -0.2) is 16.2 Å². The molecule has 1 aromatic heterocycles. The van der Waals surface area contributed by atoms with Gasteiger partial charge >= 0.3 is 0 Å². The minimum Gasteiger partial charge on any atom is -0.339 e. The number of hydrogen-bond acceptors (Lipinski definition) is 4. The number of aryl methyl sites for hydroxylation is 2. The molecule has 1 unspecified atom stereocenters. The van der Waals surface area contributed by atoms with E-state index in [1.807, 2.05) is 32.0 Å². The zero-order valence-corrected chi connectivity index (χ0v) is 10.9. The number of hydrogen-bond donors (Lipinski definition) is 1. The molecule has 18 heavy (non-hydrogen) atoms. The van der Waals surface area contributed by atoms with Crippen molar-refractivity contribution in [2.24, 2.45) is 5.73 Å². The van der Waals surface area contributed by atoms with Crippen LogP contribution in [0.5, 0.6) is 0 Å². The maximum absolute atomic E-state index is 5.70. The molecule has 96 valence electrons. The van der Waals surface area contributed by atoms with Crippen molar-refractivity contribution in [3.8, 4) is 11.4 Å². The molecule has 4 nitrogen and oxygen atoms in total. The monoisotopic (exact) mass is 245 g/mol. The van der Waals surface area contributed by atoms with Crippen molar-refractivity contribution in [1.82, 2.24) is 10.1 Å². The van der Waals surface area contributed by atoms with E-state index >= 15 is 0 Å². The average Bonchev–Trinajstić information content (AvgIpc) is 2.77. The largest absolute Gasteiger partial charge is 0.339 e. The number of aromatic nitrogens is 2. The van der Waals surface area contributed by atoms with Gasteiger partial charge in [-0.3, -0.25) is 0 Å². The molecule has 0 bridgehead atoms. The topological polar surface area (TPSA) is 64.9 Å². The van der Waals surface area contributed by atoms with Gasteiger partial charge in [0.05, 0.1) is 0 Å². The van der Waals surface area contributed by atoms with E-state index in [9.17, 15) is 0 Å². The van der Waals surface area contributed by atoms with Crippen molar-refractivity contribution < 1.29 is 4.52 Å². The lowest BCUT2D eigenvalue weighted by molar-refractivity contribution is 0.373. The first-order valence-electron chi connectivity index (χ1n) is 6.30. The lowest BCUT2D eigenvalue weighted by Crippen LogP contribution is -2.14. The molecule has 0 saturated heterocycles. The van der Waals surface area contributed by atoms with E-state index in [0.717, 1.165) is 24.8 Å². The molecular weight excluding hydrogens is 226 g/mol. The van der Waals surface area contributed by atoms with Crippen molar-refractivity contribution in [2.45, 2.75) is 39.2 Å². The quantitative estimate of drug-likeness (QED) is 0.879. The third kappa shape index (κ3) is 3.40. The Morgan fingerprint density at radius 1 is 1.39 bits per heavy atom. The molecule has 0 saturated carbocycles. The molecule has 0 aliphatic rings. The van der Waals surface area contributed by atoms with Gasteiger partial charge in [0.15, 0.2) is 0 Å². The SMILES string of the molecule is Cc1cccc(-c2noc(CCCC(C)N)n2)c1. The highest BCUT2D eigenvalue weighted by atomic mass is 16.5. The van der Waals surface area contributed by atoms with Gasteiger partial charge in [0, 0.05) is 18.0 Å². The number of nitrogens with zero attached hydrogens (tertiary/aromatic N) is 2. The molecular formula is C14H19N3O. The molecule has 0 amide bonds. The summed E-state index contributed by atoms with van der Waals surface area (Å²) in [5.41, 5.74) is 7.89. The molecule has 0 fully saturated rings. The van der Waals surface area contributed by atoms with E-state index in [4.69, 9.17) is 10.3 Å². The van der Waals surface area contributed by atoms with Crippen molar-refractivity contribution in [3.05, 3.63) is 35.7 Å². The van der Waals surface area contributed by atoms with Crippen LogP contribution in [0.3, 0.4) is 0 Å². The maximum Gasteiger partial charge on any atom is 0.226 e. The highest BCUT2D eigenvalue weighted by Gasteiger charge is 2.08. The third-order valence-corrected chi connectivity index (χ3v) is 2.79. The van der Waals surface area contributed by atoms with Gasteiger partial charge in [0.25, 0.3) is 0 Å². The van der Waals surface area contributed by atoms with Crippen molar-refractivity contribution in [3.63, 3.8) is 0 Å². The van der Waals surface area contributed by atoms with Crippen LogP contribution in [0.15, 0.2) is 28.8 Å². The van der Waals surface area contributed by atoms with Crippen molar-refractivity contribution >= 4 is 0 Å². The fourth-order valence-corrected chi connectivity index (χ4v) is 1.83. The van der Waals surface area contributed by atoms with Gasteiger partial charge in [0.2, 0.25) is 11.7 Å². The Labute approximate surface area is 107 Å². The molecule has 1 atom stereocenters. The van der Waals surface area contributed by atoms with E-state index in [2.05, 4.69) is 16.2 Å². The van der Waals surface area contributed by atoms with Crippen LogP contribution >= 0.6 is 0 Å². The van der Waals surface area contributed by atoms with Gasteiger partial charge in [0.1, 0.15) is 0 Å². The predicted molar refractivity (Wildman–Crippen MR) is 71.1 cm³/mol. The Kier molecular flexibility index (Phi) is 4.10. The highest BCUT2D eigenvalue weighted by molar-refractivity contribution is 5.55. The van der Waals surface area contributed by atoms with Crippen LogP contribution in [-0.2, 0) is 6.42 Å². The molecule has 2 rings (SSSR count). The molecule has 0 aliphatic carbocycles. The summed E-state index contributed by atoms with van der Waals surface area (Å²) in [6, 6.07) is 8.31. The first-order valence-corrected chi connectivity index (χ1v) is 6.30. The molecule has 4 heteroatoms. The van der Waals surface area contributed by atoms with Gasteiger partial charge in [-0.2, -0.15) is 4.98 Å². The van der Waals surface area contributed by atoms with Gasteiger partial charge in [-0.15, -0.1) is 0 Å². The number of rotatable bonds is 5. The number of benzene rings is 1. The van der Waals surface area contributed by atoms with E-state index in [-0.39, 0.29) is 6.04 Å². The van der Waals surface area contributed by atoms with Crippen LogP contribution < -0.4 is 5.73 Å². The fraction of sp³-hybridized carbons (Fsp3) is 0.429. The summed E-state index contributed by atoms with van der Waals surface area (Å²) in [6.07, 6.45) is 2.75. The smallest absolute Gasteiger partial charge is 0.226 e. The molecule has 0 aliphatic heterocycles. The zero-order chi connectivity index (χ0) is 13.0. The van der Waals surface area contributed by atoms with Crippen LogP contribution in [0.2, 0.25) is 0 Å². The lowest BCUT2D eigenvalue weighted by atomic mass is 10.1. The van der Waals surface area contributed by atoms with E-state index in [0.29, 0.717) is 11.7 Å². The first kappa shape index (κ1) is 12.8. The second-order valence-corrected chi connectivity index (χ2v) is 4.75. The zero-order valence-electron chi connectivity index (χ0n) is 10.9. The van der Waals surface area contributed by atoms with E-state index in [1.165, 1.54) is 5.56 Å². The Morgan fingerprint density at radius 2 is 2.22 bits per heavy atom. The summed E-state index contributed by atoms with van der Waals surface area (Å²) in [7, 11) is 0. The van der Waals surface area contributed by atoms with Crippen molar-refractivity contribution in [1.29, 1.82) is 0 Å². The molecule has 2 N–H and O–H groups in total. The Hall–Kier alpha value is -1.68. The maximum atomic E-state index is 5.70. The van der Waals surface area contributed by atoms with Crippen LogP contribution in [0.4, 0.5) is 0 Å². The fourth-order valence-electron chi connectivity index (χ4n) is 1.83. The second kappa shape index (κ2) is 5.78. The summed E-state index contributed by atoms with van der Waals surface area (Å²) in [4.78, 5) is 4.40. The van der Waals surface area contributed by atoms with E-state index in [1.54, 1.807) is 0 Å². The lowest BCUT2D eigenvalue weighted by Gasteiger charge is -2.00. The predicted octanol–water partition coefficient (Wildman–Crippen LogP) is 2.71. The summed E-state index contributed by atoms with van der Waals surface area (Å²) < 4.78 is 5.24. The Bertz CT molecular complexity index is 505. The van der Waals surface area contributed by atoms with Crippen LogP contribution in [0, 0.1) is 6.92 Å². The third-order valence-electron chi connectivity index (χ3n) is 2.79. The summed E-state index contributed by atoms with van der Waals surface area (Å²) in [6.45, 7) is 4.05. The normalized spacial score (nSPS) is 12.6. The van der Waals surface area contributed by atoms with Gasteiger partial charge < -0.3 is 10.3 Å². The first-order chi connectivity index (χ1) is 8.65. The number of nitrogens with two attached hydrogens (primary N) is 1. The van der Waals surface area contributed by atoms with Crippen LogP contribution in [0.25, 0.3) is 11.4 Å². The summed E-state index contributed by atoms with van der Waals surface area (Å²) in [5.74, 6) is 1.35. The summed E-state index contributed by atoms with van der Waals surface area (Å²) in [5, 5.41) is 4.01. The molecule has 0 spiro atoms. The minimum absolute atomic E-state index is 0.226. The van der Waals surface area contributed by atoms with Crippen molar-refractivity contribution in [2.75, 3.05) is 0 Å². The Morgan fingerprint density at radius 3 is 2.94 bits per heavy atom. The Balaban J connectivity index is 2.02. The van der Waals surface area contributed by atoms with Gasteiger partial charge in [-0.25, -0.2) is 0 Å². The molecule has 0 radical (unpaired) electrons. The molecule has 1 aromatic carbocycles. The van der Waals surface area contributed by atoms with E-state index < -0.39 is 0 Å². The van der Waals surface area contributed by atoms with Gasteiger partial charge in [-0.05, 0) is 32.8 Å². The highest BCUT2D eigenvalue weighted by Crippen LogP contribution is 2.17. The standard InChI is InChI=1S/C14H19N3O/c1-10-5-3-7-12(9-10)14-16-13(18-17-14)8-4-6-11(2)15/h3,5,7,9,11H,4,6,8,15H2,1-2H3. The van der Waals surface area contributed by atoms with Crippen LogP contribution in [0.1, 0.15) is 31.2 Å². The average molecular weight is 245 g/mol. The molecule has 2 aromatic rings. The molecule has 1 heterocycles. The minimum atomic E-state index is 0.226.